The van der Waals surface area contributed by atoms with E-state index < -0.39 is 21.7 Å². The quantitative estimate of drug-likeness (QED) is 0.366. The van der Waals surface area contributed by atoms with Crippen molar-refractivity contribution in [2.45, 2.75) is 44.0 Å². The van der Waals surface area contributed by atoms with Crippen molar-refractivity contribution in [1.29, 1.82) is 0 Å². The van der Waals surface area contributed by atoms with Crippen LogP contribution in [0.4, 0.5) is 10.5 Å². The number of hydrogen-bond donors (Lipinski definition) is 0. The van der Waals surface area contributed by atoms with Crippen LogP contribution in [0.3, 0.4) is 0 Å². The lowest BCUT2D eigenvalue weighted by atomic mass is 10.2. The Morgan fingerprint density at radius 3 is 2.22 bits per heavy atom. The number of epoxide rings is 1. The van der Waals surface area contributed by atoms with Crippen LogP contribution < -0.4 is 13.8 Å². The van der Waals surface area contributed by atoms with Crippen LogP contribution >= 0.6 is 0 Å². The Morgan fingerprint density at radius 2 is 1.61 bits per heavy atom. The van der Waals surface area contributed by atoms with Crippen LogP contribution in [0.5, 0.6) is 11.5 Å². The highest BCUT2D eigenvalue weighted by atomic mass is 32.2. The third-order valence-corrected chi connectivity index (χ3v) is 6.76. The number of carbonyl (C=O) groups excluding carboxylic acids is 1. The topological polar surface area (TPSA) is 94.7 Å². The van der Waals surface area contributed by atoms with E-state index in [1.807, 2.05) is 30.3 Å². The van der Waals surface area contributed by atoms with Crippen LogP contribution in [0.15, 0.2) is 83.8 Å². The van der Waals surface area contributed by atoms with E-state index in [9.17, 15) is 13.2 Å². The molecule has 0 spiro atoms. The Bertz CT molecular complexity index is 1280. The van der Waals surface area contributed by atoms with Gasteiger partial charge in [0.1, 0.15) is 42.1 Å². The normalized spacial score (nSPS) is 15.1. The summed E-state index contributed by atoms with van der Waals surface area (Å²) in [6, 6.07) is 21.8. The number of rotatable bonds is 9. The third-order valence-electron chi connectivity index (χ3n) is 5.07. The van der Waals surface area contributed by atoms with E-state index in [0.717, 1.165) is 5.56 Å². The number of hydrogen-bond acceptors (Lipinski definition) is 7. The van der Waals surface area contributed by atoms with E-state index in [-0.39, 0.29) is 29.0 Å². The second-order valence-electron chi connectivity index (χ2n) is 9.23. The minimum Gasteiger partial charge on any atom is -0.491 e. The Kier molecular flexibility index (Phi) is 7.51. The first-order chi connectivity index (χ1) is 17.1. The minimum atomic E-state index is -4.37. The van der Waals surface area contributed by atoms with Gasteiger partial charge in [-0.05, 0) is 50.6 Å². The molecule has 1 fully saturated rings. The Hall–Kier alpha value is -3.56. The van der Waals surface area contributed by atoms with E-state index in [4.69, 9.17) is 18.9 Å². The maximum atomic E-state index is 13.8. The molecule has 0 saturated carbocycles. The summed E-state index contributed by atoms with van der Waals surface area (Å²) in [6.45, 7) is 6.08. The zero-order valence-corrected chi connectivity index (χ0v) is 21.2. The fourth-order valence-corrected chi connectivity index (χ4v) is 4.63. The van der Waals surface area contributed by atoms with Gasteiger partial charge >= 0.3 is 6.09 Å². The van der Waals surface area contributed by atoms with Gasteiger partial charge in [0.15, 0.2) is 0 Å². The van der Waals surface area contributed by atoms with Crippen molar-refractivity contribution in [2.24, 2.45) is 0 Å². The molecule has 36 heavy (non-hydrogen) atoms. The molecule has 3 aromatic carbocycles. The van der Waals surface area contributed by atoms with Crippen LogP contribution in [-0.4, -0.2) is 39.4 Å². The van der Waals surface area contributed by atoms with Crippen LogP contribution in [0.25, 0.3) is 0 Å². The molecule has 0 unspecified atom stereocenters. The summed E-state index contributed by atoms with van der Waals surface area (Å²) < 4.78 is 50.7. The van der Waals surface area contributed by atoms with Gasteiger partial charge in [0, 0.05) is 6.07 Å². The number of benzene rings is 3. The van der Waals surface area contributed by atoms with Gasteiger partial charge in [-0.25, -0.2) is 13.2 Å². The highest BCUT2D eigenvalue weighted by molar-refractivity contribution is 7.93. The van der Waals surface area contributed by atoms with Gasteiger partial charge in [-0.1, -0.05) is 48.5 Å². The highest BCUT2D eigenvalue weighted by Crippen LogP contribution is 2.37. The number of anilines is 1. The summed E-state index contributed by atoms with van der Waals surface area (Å²) >= 11 is 0. The predicted molar refractivity (Wildman–Crippen MR) is 135 cm³/mol. The lowest BCUT2D eigenvalue weighted by molar-refractivity contribution is 0.0608. The van der Waals surface area contributed by atoms with E-state index in [1.54, 1.807) is 51.1 Å². The van der Waals surface area contributed by atoms with Gasteiger partial charge in [-0.3, -0.25) is 0 Å². The Morgan fingerprint density at radius 1 is 0.972 bits per heavy atom. The monoisotopic (exact) mass is 511 g/mol. The van der Waals surface area contributed by atoms with Crippen molar-refractivity contribution >= 4 is 21.8 Å². The van der Waals surface area contributed by atoms with Gasteiger partial charge < -0.3 is 18.9 Å². The summed E-state index contributed by atoms with van der Waals surface area (Å²) in [5.41, 5.74) is -0.0769. The number of ether oxygens (including phenoxy) is 4. The van der Waals surface area contributed by atoms with E-state index in [0.29, 0.717) is 23.3 Å². The van der Waals surface area contributed by atoms with Gasteiger partial charge in [0.2, 0.25) is 0 Å². The fraction of sp³-hybridized carbons (Fsp3) is 0.296. The van der Waals surface area contributed by atoms with E-state index >= 15 is 0 Å². The second-order valence-corrected chi connectivity index (χ2v) is 11.0. The van der Waals surface area contributed by atoms with Gasteiger partial charge in [0.25, 0.3) is 10.0 Å². The maximum Gasteiger partial charge on any atom is 0.429 e. The summed E-state index contributed by atoms with van der Waals surface area (Å²) in [5.74, 6) is 0.545. The molecular weight excluding hydrogens is 482 g/mol. The molecule has 190 valence electrons. The average molecular weight is 512 g/mol. The van der Waals surface area contributed by atoms with Crippen molar-refractivity contribution in [3.63, 3.8) is 0 Å². The van der Waals surface area contributed by atoms with Crippen molar-refractivity contribution < 1.29 is 32.2 Å². The largest absolute Gasteiger partial charge is 0.491 e. The Labute approximate surface area is 211 Å². The molecule has 0 radical (unpaired) electrons. The number of amides is 1. The minimum absolute atomic E-state index is 0.00234. The summed E-state index contributed by atoms with van der Waals surface area (Å²) in [5, 5.41) is 0. The molecule has 9 heteroatoms. The van der Waals surface area contributed by atoms with Crippen LogP contribution in [0.1, 0.15) is 26.3 Å². The van der Waals surface area contributed by atoms with Crippen molar-refractivity contribution in [3.05, 3.63) is 84.4 Å². The molecule has 0 aliphatic carbocycles. The van der Waals surface area contributed by atoms with E-state index in [1.165, 1.54) is 18.2 Å². The van der Waals surface area contributed by atoms with Crippen LogP contribution in [0, 0.1) is 0 Å². The fourth-order valence-electron chi connectivity index (χ4n) is 3.28. The van der Waals surface area contributed by atoms with Crippen molar-refractivity contribution in [2.75, 3.05) is 17.5 Å². The number of sulfonamides is 1. The molecule has 0 bridgehead atoms. The van der Waals surface area contributed by atoms with Gasteiger partial charge in [-0.2, -0.15) is 4.31 Å². The smallest absolute Gasteiger partial charge is 0.429 e. The molecule has 1 aliphatic rings. The maximum absolute atomic E-state index is 13.8. The van der Waals surface area contributed by atoms with Crippen molar-refractivity contribution in [1.82, 2.24) is 0 Å². The third kappa shape index (κ3) is 6.56. The molecular formula is C27H29NO7S. The zero-order valence-electron chi connectivity index (χ0n) is 20.4. The molecule has 8 nitrogen and oxygen atoms in total. The predicted octanol–water partition coefficient (Wildman–Crippen LogP) is 5.17. The van der Waals surface area contributed by atoms with Gasteiger partial charge in [0.05, 0.1) is 11.5 Å². The summed E-state index contributed by atoms with van der Waals surface area (Å²) in [7, 11) is -4.37. The lowest BCUT2D eigenvalue weighted by Gasteiger charge is -2.28. The second kappa shape index (κ2) is 10.6. The molecule has 1 aliphatic heterocycles. The number of carbonyl (C=O) groups is 1. The van der Waals surface area contributed by atoms with Crippen LogP contribution in [-0.2, 0) is 26.1 Å². The first-order valence-electron chi connectivity index (χ1n) is 11.5. The lowest BCUT2D eigenvalue weighted by Crippen LogP contribution is -2.41. The molecule has 1 saturated heterocycles. The molecule has 0 aromatic heterocycles. The molecule has 3 aromatic rings. The average Bonchev–Trinajstić information content (AvgIpc) is 3.67. The van der Waals surface area contributed by atoms with Crippen LogP contribution in [0.2, 0.25) is 0 Å². The standard InChI is InChI=1S/C27H29NO7S/c1-27(2,3)35-26(29)28(36(30,31)23-12-8-5-9-13-23)24-16-21(32-18-22-19-33-22)14-15-25(24)34-17-20-10-6-4-7-11-20/h4-16,22H,17-19H2,1-3H3/t22-/m0/s1. The first-order valence-corrected chi connectivity index (χ1v) is 13.0. The number of nitrogens with zero attached hydrogens (tertiary/aromatic N) is 1. The molecule has 1 heterocycles. The summed E-state index contributed by atoms with van der Waals surface area (Å²) in [4.78, 5) is 13.3. The first kappa shape index (κ1) is 25.5. The zero-order chi connectivity index (χ0) is 25.8. The SMILES string of the molecule is CC(C)(C)OC(=O)N(c1cc(OC[C@H]2CO2)ccc1OCc1ccccc1)S(=O)(=O)c1ccccc1. The molecule has 1 amide bonds. The highest BCUT2D eigenvalue weighted by Gasteiger charge is 2.37. The summed E-state index contributed by atoms with van der Waals surface area (Å²) in [6.07, 6.45) is -1.06. The Balaban J connectivity index is 1.78. The molecule has 4 rings (SSSR count). The van der Waals surface area contributed by atoms with Gasteiger partial charge in [-0.15, -0.1) is 0 Å². The van der Waals surface area contributed by atoms with Crippen molar-refractivity contribution in [3.8, 4) is 11.5 Å². The van der Waals surface area contributed by atoms with E-state index in [2.05, 4.69) is 0 Å². The molecule has 1 atom stereocenters. The molecule has 0 N–H and O–H groups in total.